The Labute approximate surface area is 60.0 Å². The van der Waals surface area contributed by atoms with Crippen molar-refractivity contribution in [2.75, 3.05) is 6.61 Å². The predicted molar refractivity (Wildman–Crippen MR) is 34.0 cm³/mol. The zero-order valence-corrected chi connectivity index (χ0v) is 5.84. The molecule has 0 aliphatic heterocycles. The van der Waals surface area contributed by atoms with Crippen LogP contribution in [0, 0.1) is 5.92 Å². The second-order valence-corrected chi connectivity index (χ2v) is 2.68. The summed E-state index contributed by atoms with van der Waals surface area (Å²) in [6.45, 7) is 0.304. The van der Waals surface area contributed by atoms with Crippen LogP contribution in [0.3, 0.4) is 0 Å². The highest BCUT2D eigenvalue weighted by Gasteiger charge is 2.20. The standard InChI is InChI=1S/C7H11O3/c8-7(9)10-5-1-2-6-3-4-6/h6H,1-5H2. The molecule has 0 bridgehead atoms. The highest BCUT2D eigenvalue weighted by Crippen LogP contribution is 2.33. The summed E-state index contributed by atoms with van der Waals surface area (Å²) >= 11 is 0. The van der Waals surface area contributed by atoms with Gasteiger partial charge in [-0.3, -0.25) is 0 Å². The average molecular weight is 143 g/mol. The molecule has 57 valence electrons. The SMILES string of the molecule is [O]C(=O)OCCCC1CC1. The molecule has 1 rings (SSSR count). The molecule has 0 aromatic heterocycles. The van der Waals surface area contributed by atoms with Crippen molar-refractivity contribution in [1.82, 2.24) is 0 Å². The maximum Gasteiger partial charge on any atom is 0.549 e. The molecule has 0 aromatic carbocycles. The van der Waals surface area contributed by atoms with Gasteiger partial charge in [0.25, 0.3) is 0 Å². The number of ether oxygens (including phenoxy) is 1. The summed E-state index contributed by atoms with van der Waals surface area (Å²) in [6.07, 6.45) is 3.17. The van der Waals surface area contributed by atoms with E-state index >= 15 is 0 Å². The number of carbonyl (C=O) groups is 1. The van der Waals surface area contributed by atoms with Crippen LogP contribution in [0.2, 0.25) is 0 Å². The van der Waals surface area contributed by atoms with Crippen LogP contribution >= 0.6 is 0 Å². The monoisotopic (exact) mass is 143 g/mol. The lowest BCUT2D eigenvalue weighted by Gasteiger charge is -1.96. The Bertz CT molecular complexity index is 118. The van der Waals surface area contributed by atoms with E-state index in [0.717, 1.165) is 18.8 Å². The molecule has 1 radical (unpaired) electrons. The zero-order chi connectivity index (χ0) is 7.40. The normalized spacial score (nSPS) is 16.8. The third kappa shape index (κ3) is 3.33. The van der Waals surface area contributed by atoms with Gasteiger partial charge in [-0.05, 0) is 18.8 Å². The van der Waals surface area contributed by atoms with Gasteiger partial charge in [0.15, 0.2) is 0 Å². The molecule has 1 saturated carbocycles. The molecule has 0 amide bonds. The summed E-state index contributed by atoms with van der Waals surface area (Å²) in [6, 6.07) is 0. The fraction of sp³-hybridized carbons (Fsp3) is 0.857. The van der Waals surface area contributed by atoms with E-state index in [1.165, 1.54) is 12.8 Å². The van der Waals surface area contributed by atoms with Crippen LogP contribution in [-0.4, -0.2) is 12.8 Å². The first-order valence-electron chi connectivity index (χ1n) is 3.63. The van der Waals surface area contributed by atoms with Crippen molar-refractivity contribution < 1.29 is 14.6 Å². The quantitative estimate of drug-likeness (QED) is 0.444. The zero-order valence-electron chi connectivity index (χ0n) is 5.84. The Morgan fingerprint density at radius 1 is 1.50 bits per heavy atom. The van der Waals surface area contributed by atoms with Crippen molar-refractivity contribution in [2.45, 2.75) is 25.7 Å². The van der Waals surface area contributed by atoms with E-state index in [2.05, 4.69) is 4.74 Å². The lowest BCUT2D eigenvalue weighted by atomic mass is 10.2. The first kappa shape index (κ1) is 7.38. The van der Waals surface area contributed by atoms with Crippen LogP contribution in [0.15, 0.2) is 0 Å². The molecular weight excluding hydrogens is 132 g/mol. The van der Waals surface area contributed by atoms with Crippen LogP contribution in [0.5, 0.6) is 0 Å². The van der Waals surface area contributed by atoms with Crippen molar-refractivity contribution in [2.24, 2.45) is 5.92 Å². The number of carbonyl (C=O) groups excluding carboxylic acids is 1. The largest absolute Gasteiger partial charge is 0.549 e. The van der Waals surface area contributed by atoms with Gasteiger partial charge in [0, 0.05) is 0 Å². The van der Waals surface area contributed by atoms with Gasteiger partial charge < -0.3 is 4.74 Å². The first-order chi connectivity index (χ1) is 4.79. The fourth-order valence-corrected chi connectivity index (χ4v) is 0.934. The van der Waals surface area contributed by atoms with Gasteiger partial charge in [-0.25, -0.2) is 0 Å². The molecule has 0 N–H and O–H groups in total. The molecule has 3 heteroatoms. The molecule has 3 nitrogen and oxygen atoms in total. The summed E-state index contributed by atoms with van der Waals surface area (Å²) in [5.74, 6) is 0.852. The number of hydrogen-bond donors (Lipinski definition) is 0. The van der Waals surface area contributed by atoms with Crippen molar-refractivity contribution in [3.63, 3.8) is 0 Å². The Hall–Kier alpha value is -0.730. The van der Waals surface area contributed by atoms with Crippen molar-refractivity contribution in [3.8, 4) is 0 Å². The molecule has 0 atom stereocenters. The van der Waals surface area contributed by atoms with E-state index in [4.69, 9.17) is 0 Å². The van der Waals surface area contributed by atoms with Crippen molar-refractivity contribution in [1.29, 1.82) is 0 Å². The van der Waals surface area contributed by atoms with Gasteiger partial charge in [-0.2, -0.15) is 9.90 Å². The van der Waals surface area contributed by atoms with Crippen LogP contribution < -0.4 is 0 Å². The predicted octanol–water partition coefficient (Wildman–Crippen LogP) is 1.74. The van der Waals surface area contributed by atoms with Crippen LogP contribution in [0.1, 0.15) is 25.7 Å². The molecule has 10 heavy (non-hydrogen) atoms. The highest BCUT2D eigenvalue weighted by atomic mass is 16.7. The van der Waals surface area contributed by atoms with Gasteiger partial charge in [0.05, 0.1) is 6.61 Å². The third-order valence-electron chi connectivity index (χ3n) is 1.67. The van der Waals surface area contributed by atoms with E-state index in [0.29, 0.717) is 6.61 Å². The fourth-order valence-electron chi connectivity index (χ4n) is 0.934. The lowest BCUT2D eigenvalue weighted by Crippen LogP contribution is -2.00. The van der Waals surface area contributed by atoms with Gasteiger partial charge in [-0.15, -0.1) is 0 Å². The smallest absolute Gasteiger partial charge is 0.432 e. The Morgan fingerprint density at radius 2 is 2.20 bits per heavy atom. The van der Waals surface area contributed by atoms with Crippen LogP contribution in [-0.2, 0) is 9.84 Å². The van der Waals surface area contributed by atoms with Gasteiger partial charge >= 0.3 is 6.16 Å². The minimum Gasteiger partial charge on any atom is -0.432 e. The van der Waals surface area contributed by atoms with E-state index in [1.807, 2.05) is 0 Å². The van der Waals surface area contributed by atoms with Crippen molar-refractivity contribution in [3.05, 3.63) is 0 Å². The summed E-state index contributed by atoms with van der Waals surface area (Å²) in [4.78, 5) is 9.73. The lowest BCUT2D eigenvalue weighted by molar-refractivity contribution is 0.0662. The van der Waals surface area contributed by atoms with Crippen LogP contribution in [0.4, 0.5) is 4.79 Å². The van der Waals surface area contributed by atoms with Gasteiger partial charge in [-0.1, -0.05) is 12.8 Å². The third-order valence-corrected chi connectivity index (χ3v) is 1.67. The van der Waals surface area contributed by atoms with E-state index in [-0.39, 0.29) is 0 Å². The van der Waals surface area contributed by atoms with Crippen molar-refractivity contribution >= 4 is 6.16 Å². The minimum atomic E-state index is -1.41. The minimum absolute atomic E-state index is 0.304. The summed E-state index contributed by atoms with van der Waals surface area (Å²) in [5, 5.41) is 9.73. The molecule has 1 aliphatic carbocycles. The van der Waals surface area contributed by atoms with E-state index < -0.39 is 6.16 Å². The molecular formula is C7H11O3. The average Bonchev–Trinajstić information content (AvgIpc) is 2.62. The molecule has 1 aliphatic rings. The van der Waals surface area contributed by atoms with E-state index in [1.54, 1.807) is 0 Å². The topological polar surface area (TPSA) is 46.2 Å². The number of rotatable bonds is 4. The second kappa shape index (κ2) is 3.44. The summed E-state index contributed by atoms with van der Waals surface area (Å²) in [7, 11) is 0. The molecule has 1 fully saturated rings. The first-order valence-corrected chi connectivity index (χ1v) is 3.63. The Balaban J connectivity index is 1.80. The summed E-state index contributed by atoms with van der Waals surface area (Å²) in [5.41, 5.74) is 0. The Morgan fingerprint density at radius 3 is 2.70 bits per heavy atom. The van der Waals surface area contributed by atoms with Gasteiger partial charge in [0.2, 0.25) is 0 Å². The molecule has 0 saturated heterocycles. The van der Waals surface area contributed by atoms with Gasteiger partial charge in [0.1, 0.15) is 0 Å². The molecule has 0 unspecified atom stereocenters. The van der Waals surface area contributed by atoms with E-state index in [9.17, 15) is 9.90 Å². The molecule has 0 spiro atoms. The van der Waals surface area contributed by atoms with Crippen LogP contribution in [0.25, 0.3) is 0 Å². The second-order valence-electron chi connectivity index (χ2n) is 2.68. The highest BCUT2D eigenvalue weighted by molar-refractivity contribution is 5.56. The Kier molecular flexibility index (Phi) is 2.54. The maximum atomic E-state index is 9.73. The maximum absolute atomic E-state index is 9.73. The number of hydrogen-bond acceptors (Lipinski definition) is 2. The molecule has 0 heterocycles. The molecule has 0 aromatic rings. The summed E-state index contributed by atoms with van der Waals surface area (Å²) < 4.78 is 4.23.